The number of hydrogen-bond donors (Lipinski definition) is 0. The molecule has 6 heteroatoms. The third-order valence-corrected chi connectivity index (χ3v) is 3.95. The molecule has 0 aliphatic carbocycles. The smallest absolute Gasteiger partial charge is 0.411 e. The van der Waals surface area contributed by atoms with Gasteiger partial charge in [0.25, 0.3) is 0 Å². The molecule has 1 atom stereocenters. The summed E-state index contributed by atoms with van der Waals surface area (Å²) in [4.78, 5) is 26.4. The Morgan fingerprint density at radius 2 is 1.96 bits per heavy atom. The number of ketones is 1. The van der Waals surface area contributed by atoms with E-state index in [-0.39, 0.29) is 18.8 Å². The van der Waals surface area contributed by atoms with Crippen molar-refractivity contribution in [1.82, 2.24) is 4.90 Å². The van der Waals surface area contributed by atoms with E-state index in [1.807, 2.05) is 45.0 Å². The Labute approximate surface area is 145 Å². The van der Waals surface area contributed by atoms with E-state index in [0.717, 1.165) is 10.0 Å². The van der Waals surface area contributed by atoms with Gasteiger partial charge in [-0.1, -0.05) is 28.1 Å². The Hall–Kier alpha value is -1.40. The van der Waals surface area contributed by atoms with Crippen molar-refractivity contribution in [1.29, 1.82) is 0 Å². The molecule has 0 bridgehead atoms. The summed E-state index contributed by atoms with van der Waals surface area (Å²) in [6.45, 7) is 6.43. The van der Waals surface area contributed by atoms with Crippen LogP contribution in [0.3, 0.4) is 0 Å². The number of benzene rings is 1. The Bertz CT molecular complexity index is 565. The fourth-order valence-corrected chi connectivity index (χ4v) is 2.60. The second kappa shape index (κ2) is 7.45. The molecule has 0 radical (unpaired) electrons. The first-order chi connectivity index (χ1) is 10.8. The van der Waals surface area contributed by atoms with Crippen LogP contribution in [-0.4, -0.2) is 48.2 Å². The first-order valence-corrected chi connectivity index (χ1v) is 8.40. The van der Waals surface area contributed by atoms with Gasteiger partial charge in [-0.05, 0) is 38.5 Å². The third-order valence-electron chi connectivity index (χ3n) is 3.42. The van der Waals surface area contributed by atoms with Crippen LogP contribution in [0.2, 0.25) is 0 Å². The number of nitrogens with zero attached hydrogens (tertiary/aromatic N) is 1. The molecule has 0 saturated carbocycles. The van der Waals surface area contributed by atoms with Gasteiger partial charge < -0.3 is 9.47 Å². The largest absolute Gasteiger partial charge is 0.444 e. The highest BCUT2D eigenvalue weighted by Crippen LogP contribution is 2.17. The summed E-state index contributed by atoms with van der Waals surface area (Å²) in [5, 5.41) is 0. The van der Waals surface area contributed by atoms with Crippen LogP contribution in [0.4, 0.5) is 4.79 Å². The quantitative estimate of drug-likeness (QED) is 0.803. The fraction of sp³-hybridized carbons (Fsp3) is 0.529. The molecule has 1 aromatic carbocycles. The first kappa shape index (κ1) is 17.9. The van der Waals surface area contributed by atoms with E-state index >= 15 is 0 Å². The summed E-state index contributed by atoms with van der Waals surface area (Å²) in [6, 6.07) is 6.98. The minimum Gasteiger partial charge on any atom is -0.444 e. The van der Waals surface area contributed by atoms with Crippen LogP contribution in [0.5, 0.6) is 0 Å². The molecule has 1 fully saturated rings. The van der Waals surface area contributed by atoms with Gasteiger partial charge in [-0.3, -0.25) is 9.69 Å². The van der Waals surface area contributed by atoms with E-state index in [4.69, 9.17) is 9.47 Å². The lowest BCUT2D eigenvalue weighted by molar-refractivity contribution is -0.129. The number of halogens is 1. The molecule has 1 aliphatic heterocycles. The van der Waals surface area contributed by atoms with Gasteiger partial charge in [-0.2, -0.15) is 0 Å². The molecule has 1 saturated heterocycles. The van der Waals surface area contributed by atoms with Gasteiger partial charge in [0.2, 0.25) is 0 Å². The maximum absolute atomic E-state index is 12.6. The first-order valence-electron chi connectivity index (χ1n) is 7.61. The molecular formula is C17H22BrNO4. The summed E-state index contributed by atoms with van der Waals surface area (Å²) >= 11 is 3.37. The molecule has 5 nitrogen and oxygen atoms in total. The van der Waals surface area contributed by atoms with Crippen LogP contribution in [0.25, 0.3) is 0 Å². The number of rotatable bonds is 3. The van der Waals surface area contributed by atoms with Gasteiger partial charge in [-0.25, -0.2) is 4.79 Å². The van der Waals surface area contributed by atoms with Crippen molar-refractivity contribution in [3.63, 3.8) is 0 Å². The molecule has 0 aromatic heterocycles. The molecule has 1 aromatic rings. The van der Waals surface area contributed by atoms with E-state index in [9.17, 15) is 9.59 Å². The molecular weight excluding hydrogens is 362 g/mol. The van der Waals surface area contributed by atoms with Crippen LogP contribution >= 0.6 is 15.9 Å². The third kappa shape index (κ3) is 5.32. The summed E-state index contributed by atoms with van der Waals surface area (Å²) in [7, 11) is 0. The Kier molecular flexibility index (Phi) is 5.81. The van der Waals surface area contributed by atoms with Crippen molar-refractivity contribution in [2.75, 3.05) is 19.8 Å². The Morgan fingerprint density at radius 1 is 1.30 bits per heavy atom. The van der Waals surface area contributed by atoms with Crippen molar-refractivity contribution in [2.24, 2.45) is 0 Å². The van der Waals surface area contributed by atoms with Crippen LogP contribution in [0.15, 0.2) is 28.7 Å². The minimum absolute atomic E-state index is 0.0436. The maximum atomic E-state index is 12.6. The van der Waals surface area contributed by atoms with Gasteiger partial charge in [0.15, 0.2) is 5.78 Å². The van der Waals surface area contributed by atoms with Gasteiger partial charge >= 0.3 is 6.09 Å². The predicted molar refractivity (Wildman–Crippen MR) is 90.4 cm³/mol. The van der Waals surface area contributed by atoms with Crippen molar-refractivity contribution in [3.8, 4) is 0 Å². The molecule has 126 valence electrons. The lowest BCUT2D eigenvalue weighted by Gasteiger charge is -2.35. The fourth-order valence-electron chi connectivity index (χ4n) is 2.33. The molecule has 1 aliphatic rings. The summed E-state index contributed by atoms with van der Waals surface area (Å²) in [5.41, 5.74) is 0.322. The number of carbonyl (C=O) groups excluding carboxylic acids is 2. The van der Waals surface area contributed by atoms with Crippen molar-refractivity contribution in [2.45, 2.75) is 38.8 Å². The molecule has 1 unspecified atom stereocenters. The molecule has 0 spiro atoms. The molecule has 2 rings (SSSR count). The van der Waals surface area contributed by atoms with E-state index in [1.165, 1.54) is 4.90 Å². The standard InChI is InChI=1S/C17H22BrNO4/c1-17(2,3)23-16(21)19-8-9-22-11-14(19)15(20)10-12-4-6-13(18)7-5-12/h4-7,14H,8-11H2,1-3H3. The molecule has 23 heavy (non-hydrogen) atoms. The zero-order chi connectivity index (χ0) is 17.0. The summed E-state index contributed by atoms with van der Waals surface area (Å²) < 4.78 is 11.8. The highest BCUT2D eigenvalue weighted by Gasteiger charge is 2.35. The minimum atomic E-state index is -0.595. The Balaban J connectivity index is 2.06. The zero-order valence-corrected chi connectivity index (χ0v) is 15.3. The molecule has 0 N–H and O–H groups in total. The second-order valence-electron chi connectivity index (χ2n) is 6.53. The average Bonchev–Trinajstić information content (AvgIpc) is 2.48. The predicted octanol–water partition coefficient (Wildman–Crippen LogP) is 3.20. The van der Waals surface area contributed by atoms with Gasteiger partial charge in [-0.15, -0.1) is 0 Å². The number of amides is 1. The SMILES string of the molecule is CC(C)(C)OC(=O)N1CCOCC1C(=O)Cc1ccc(Br)cc1. The van der Waals surface area contributed by atoms with Crippen LogP contribution in [0, 0.1) is 0 Å². The van der Waals surface area contributed by atoms with Gasteiger partial charge in [0.1, 0.15) is 11.6 Å². The number of ether oxygens (including phenoxy) is 2. The summed E-state index contributed by atoms with van der Waals surface area (Å²) in [5.74, 6) is -0.0436. The van der Waals surface area contributed by atoms with Crippen LogP contribution in [-0.2, 0) is 20.7 Å². The maximum Gasteiger partial charge on any atom is 0.411 e. The lowest BCUT2D eigenvalue weighted by Crippen LogP contribution is -2.54. The van der Waals surface area contributed by atoms with E-state index in [1.54, 1.807) is 0 Å². The van der Waals surface area contributed by atoms with E-state index < -0.39 is 17.7 Å². The highest BCUT2D eigenvalue weighted by atomic mass is 79.9. The van der Waals surface area contributed by atoms with Crippen molar-refractivity contribution in [3.05, 3.63) is 34.3 Å². The van der Waals surface area contributed by atoms with Crippen molar-refractivity contribution >= 4 is 27.8 Å². The molecule has 1 amide bonds. The zero-order valence-electron chi connectivity index (χ0n) is 13.7. The number of carbonyl (C=O) groups is 2. The second-order valence-corrected chi connectivity index (χ2v) is 7.45. The normalized spacial score (nSPS) is 18.6. The lowest BCUT2D eigenvalue weighted by atomic mass is 10.0. The molecule has 1 heterocycles. The average molecular weight is 384 g/mol. The Morgan fingerprint density at radius 3 is 2.57 bits per heavy atom. The monoisotopic (exact) mass is 383 g/mol. The number of Topliss-reactive ketones (excluding diaryl/α,β-unsaturated/α-hetero) is 1. The number of morpholine rings is 1. The van der Waals surface area contributed by atoms with Crippen LogP contribution < -0.4 is 0 Å². The van der Waals surface area contributed by atoms with Gasteiger partial charge in [0, 0.05) is 17.4 Å². The van der Waals surface area contributed by atoms with Crippen molar-refractivity contribution < 1.29 is 19.1 Å². The van der Waals surface area contributed by atoms with Gasteiger partial charge in [0.05, 0.1) is 13.2 Å². The summed E-state index contributed by atoms with van der Waals surface area (Å²) in [6.07, 6.45) is -0.199. The topological polar surface area (TPSA) is 55.8 Å². The van der Waals surface area contributed by atoms with E-state index in [2.05, 4.69) is 15.9 Å². The number of hydrogen-bond acceptors (Lipinski definition) is 4. The highest BCUT2D eigenvalue weighted by molar-refractivity contribution is 9.10. The van der Waals surface area contributed by atoms with E-state index in [0.29, 0.717) is 13.2 Å². The van der Waals surface area contributed by atoms with Crippen LogP contribution in [0.1, 0.15) is 26.3 Å².